The molecule has 2 bridgehead atoms. The number of hydrogen-bond acceptors (Lipinski definition) is 4. The second kappa shape index (κ2) is 5.82. The number of hydrazine groups is 1. The predicted molar refractivity (Wildman–Crippen MR) is 78.6 cm³/mol. The van der Waals surface area contributed by atoms with Crippen LogP contribution in [0.1, 0.15) is 45.4 Å². The van der Waals surface area contributed by atoms with E-state index in [1.165, 1.54) is 25.7 Å². The Hall–Kier alpha value is -0.940. The highest BCUT2D eigenvalue weighted by Gasteiger charge is 2.43. The lowest BCUT2D eigenvalue weighted by atomic mass is 9.82. The van der Waals surface area contributed by atoms with Crippen molar-refractivity contribution in [2.24, 2.45) is 29.5 Å². The molecule has 5 heteroatoms. The zero-order chi connectivity index (χ0) is 14.1. The Labute approximate surface area is 121 Å². The Morgan fingerprint density at radius 3 is 2.85 bits per heavy atom. The Morgan fingerprint density at radius 1 is 1.40 bits per heavy atom. The van der Waals surface area contributed by atoms with Crippen LogP contribution in [0.25, 0.3) is 0 Å². The highest BCUT2D eigenvalue weighted by molar-refractivity contribution is 4.99. The van der Waals surface area contributed by atoms with Crippen LogP contribution in [0, 0.1) is 23.7 Å². The molecule has 0 amide bonds. The van der Waals surface area contributed by atoms with E-state index >= 15 is 0 Å². The van der Waals surface area contributed by atoms with E-state index in [9.17, 15) is 0 Å². The average Bonchev–Trinajstić information content (AvgIpc) is 3.11. The van der Waals surface area contributed by atoms with Gasteiger partial charge < -0.3 is 0 Å². The number of nitrogens with one attached hydrogen (secondary N) is 1. The zero-order valence-electron chi connectivity index (χ0n) is 12.6. The summed E-state index contributed by atoms with van der Waals surface area (Å²) in [6, 6.07) is 0.348. The monoisotopic (exact) mass is 277 g/mol. The Bertz CT molecular complexity index is 441. The maximum Gasteiger partial charge on any atom is 0.138 e. The van der Waals surface area contributed by atoms with E-state index in [0.717, 1.165) is 36.5 Å². The standard InChI is InChI=1S/C15H27N5/c1-10(2)8-20-15(17-9-18-20)7-14(19-16)13-6-11-3-4-12(13)5-11/h9-14,19H,3-8,16H2,1-2H3. The van der Waals surface area contributed by atoms with E-state index < -0.39 is 0 Å². The maximum atomic E-state index is 5.84. The van der Waals surface area contributed by atoms with Gasteiger partial charge in [0.25, 0.3) is 0 Å². The highest BCUT2D eigenvalue weighted by atomic mass is 15.3. The summed E-state index contributed by atoms with van der Waals surface area (Å²) >= 11 is 0. The van der Waals surface area contributed by atoms with Crippen molar-refractivity contribution in [3.63, 3.8) is 0 Å². The number of aromatic nitrogens is 3. The number of nitrogens with zero attached hydrogens (tertiary/aromatic N) is 3. The summed E-state index contributed by atoms with van der Waals surface area (Å²) in [5.74, 6) is 10.1. The molecule has 0 saturated heterocycles. The van der Waals surface area contributed by atoms with Gasteiger partial charge in [-0.3, -0.25) is 11.3 Å². The van der Waals surface area contributed by atoms with Crippen molar-refractivity contribution in [1.82, 2.24) is 20.2 Å². The molecule has 3 N–H and O–H groups in total. The third kappa shape index (κ3) is 2.74. The number of fused-ring (bicyclic) bond motifs is 2. The van der Waals surface area contributed by atoms with Crippen molar-refractivity contribution in [2.45, 2.75) is 58.5 Å². The lowest BCUT2D eigenvalue weighted by Crippen LogP contribution is -2.44. The van der Waals surface area contributed by atoms with E-state index in [1.807, 2.05) is 4.68 Å². The maximum absolute atomic E-state index is 5.84. The average molecular weight is 277 g/mol. The van der Waals surface area contributed by atoms with Crippen molar-refractivity contribution in [3.8, 4) is 0 Å². The molecule has 3 rings (SSSR count). The fourth-order valence-corrected chi connectivity index (χ4v) is 4.26. The molecule has 20 heavy (non-hydrogen) atoms. The lowest BCUT2D eigenvalue weighted by molar-refractivity contribution is 0.243. The zero-order valence-corrected chi connectivity index (χ0v) is 12.6. The smallest absolute Gasteiger partial charge is 0.138 e. The summed E-state index contributed by atoms with van der Waals surface area (Å²) in [5.41, 5.74) is 3.07. The summed E-state index contributed by atoms with van der Waals surface area (Å²) in [7, 11) is 0. The molecule has 112 valence electrons. The van der Waals surface area contributed by atoms with Crippen LogP contribution in [0.4, 0.5) is 0 Å². The summed E-state index contributed by atoms with van der Waals surface area (Å²) in [4.78, 5) is 4.45. The van der Waals surface area contributed by atoms with Crippen LogP contribution in [-0.2, 0) is 13.0 Å². The minimum absolute atomic E-state index is 0.348. The molecule has 2 fully saturated rings. The molecule has 1 aromatic rings. The molecule has 0 spiro atoms. The minimum Gasteiger partial charge on any atom is -0.271 e. The Balaban J connectivity index is 1.67. The quantitative estimate of drug-likeness (QED) is 0.614. The fourth-order valence-electron chi connectivity index (χ4n) is 4.26. The largest absolute Gasteiger partial charge is 0.271 e. The SMILES string of the molecule is CC(C)Cn1ncnc1CC(NN)C1CC2CCC1C2. The highest BCUT2D eigenvalue weighted by Crippen LogP contribution is 2.49. The molecule has 1 heterocycles. The number of nitrogens with two attached hydrogens (primary N) is 1. The van der Waals surface area contributed by atoms with E-state index in [4.69, 9.17) is 5.84 Å². The van der Waals surface area contributed by atoms with Crippen LogP contribution in [0.15, 0.2) is 6.33 Å². The molecule has 0 radical (unpaired) electrons. The first-order valence-corrected chi connectivity index (χ1v) is 8.00. The van der Waals surface area contributed by atoms with Crippen LogP contribution in [-0.4, -0.2) is 20.8 Å². The van der Waals surface area contributed by atoms with Crippen LogP contribution in [0.5, 0.6) is 0 Å². The van der Waals surface area contributed by atoms with Crippen LogP contribution >= 0.6 is 0 Å². The molecule has 2 saturated carbocycles. The minimum atomic E-state index is 0.348. The summed E-state index contributed by atoms with van der Waals surface area (Å²) < 4.78 is 2.04. The normalized spacial score (nSPS) is 30.3. The molecule has 5 nitrogen and oxygen atoms in total. The molecule has 1 aromatic heterocycles. The Kier molecular flexibility index (Phi) is 4.08. The Morgan fingerprint density at radius 2 is 2.25 bits per heavy atom. The lowest BCUT2D eigenvalue weighted by Gasteiger charge is -2.29. The molecule has 2 aliphatic carbocycles. The fraction of sp³-hybridized carbons (Fsp3) is 0.867. The first-order chi connectivity index (χ1) is 9.67. The van der Waals surface area contributed by atoms with E-state index in [0.29, 0.717) is 12.0 Å². The van der Waals surface area contributed by atoms with Gasteiger partial charge in [-0.05, 0) is 42.9 Å². The van der Waals surface area contributed by atoms with Gasteiger partial charge in [0.1, 0.15) is 12.2 Å². The van der Waals surface area contributed by atoms with Crippen molar-refractivity contribution >= 4 is 0 Å². The van der Waals surface area contributed by atoms with Gasteiger partial charge in [0, 0.05) is 19.0 Å². The van der Waals surface area contributed by atoms with Gasteiger partial charge in [0.05, 0.1) is 0 Å². The van der Waals surface area contributed by atoms with Gasteiger partial charge in [0.15, 0.2) is 0 Å². The second-order valence-electron chi connectivity index (χ2n) is 7.07. The predicted octanol–water partition coefficient (Wildman–Crippen LogP) is 1.74. The van der Waals surface area contributed by atoms with Gasteiger partial charge in [-0.2, -0.15) is 5.10 Å². The molecule has 2 aliphatic rings. The summed E-state index contributed by atoms with van der Waals surface area (Å²) in [5, 5.41) is 4.36. The number of hydrogen-bond donors (Lipinski definition) is 2. The van der Waals surface area contributed by atoms with Gasteiger partial charge in [0.2, 0.25) is 0 Å². The summed E-state index contributed by atoms with van der Waals surface area (Å²) in [6.07, 6.45) is 8.16. The number of rotatable bonds is 6. The van der Waals surface area contributed by atoms with Gasteiger partial charge >= 0.3 is 0 Å². The molecule has 0 aromatic carbocycles. The third-order valence-corrected chi connectivity index (χ3v) is 5.16. The van der Waals surface area contributed by atoms with Crippen molar-refractivity contribution in [1.29, 1.82) is 0 Å². The molecule has 4 atom stereocenters. The van der Waals surface area contributed by atoms with Gasteiger partial charge in [-0.15, -0.1) is 0 Å². The van der Waals surface area contributed by atoms with Crippen LogP contribution in [0.3, 0.4) is 0 Å². The molecule has 0 aliphatic heterocycles. The first kappa shape index (κ1) is 14.0. The van der Waals surface area contributed by atoms with Gasteiger partial charge in [-0.25, -0.2) is 9.67 Å². The summed E-state index contributed by atoms with van der Waals surface area (Å²) in [6.45, 7) is 5.35. The first-order valence-electron chi connectivity index (χ1n) is 8.00. The van der Waals surface area contributed by atoms with Crippen molar-refractivity contribution < 1.29 is 0 Å². The van der Waals surface area contributed by atoms with E-state index in [1.54, 1.807) is 6.33 Å². The topological polar surface area (TPSA) is 68.8 Å². The van der Waals surface area contributed by atoms with Crippen molar-refractivity contribution in [3.05, 3.63) is 12.2 Å². The van der Waals surface area contributed by atoms with E-state index in [2.05, 4.69) is 29.4 Å². The third-order valence-electron chi connectivity index (χ3n) is 5.16. The van der Waals surface area contributed by atoms with E-state index in [-0.39, 0.29) is 0 Å². The van der Waals surface area contributed by atoms with Gasteiger partial charge in [-0.1, -0.05) is 20.3 Å². The molecular formula is C15H27N5. The van der Waals surface area contributed by atoms with Crippen LogP contribution in [0.2, 0.25) is 0 Å². The molecular weight excluding hydrogens is 250 g/mol. The molecule has 4 unspecified atom stereocenters. The second-order valence-corrected chi connectivity index (χ2v) is 7.07. The van der Waals surface area contributed by atoms with Crippen molar-refractivity contribution in [2.75, 3.05) is 0 Å². The van der Waals surface area contributed by atoms with Crippen LogP contribution < -0.4 is 11.3 Å².